The van der Waals surface area contributed by atoms with Crippen molar-refractivity contribution in [1.29, 1.82) is 5.26 Å². The summed E-state index contributed by atoms with van der Waals surface area (Å²) in [7, 11) is -2.96. The molecular weight excluding hydrogens is 302 g/mol. The molecule has 0 bridgehead atoms. The maximum Gasteiger partial charge on any atom is 0.238 e. The molecule has 1 saturated heterocycles. The number of amides is 1. The summed E-state index contributed by atoms with van der Waals surface area (Å²) in [4.78, 5) is 14.0. The van der Waals surface area contributed by atoms with E-state index < -0.39 is 9.84 Å². The van der Waals surface area contributed by atoms with E-state index in [1.54, 1.807) is 24.3 Å². The Kier molecular flexibility index (Phi) is 5.16. The summed E-state index contributed by atoms with van der Waals surface area (Å²) < 4.78 is 23.1. The number of nitrogens with zero attached hydrogens (tertiary/aromatic N) is 2. The summed E-state index contributed by atoms with van der Waals surface area (Å²) in [6.45, 7) is 2.71. The molecule has 1 unspecified atom stereocenters. The van der Waals surface area contributed by atoms with E-state index >= 15 is 0 Å². The number of carbonyl (C=O) groups excluding carboxylic acids is 1. The molecule has 0 aliphatic carbocycles. The molecule has 1 heterocycles. The van der Waals surface area contributed by atoms with Crippen molar-refractivity contribution >= 4 is 21.4 Å². The average molecular weight is 321 g/mol. The van der Waals surface area contributed by atoms with Gasteiger partial charge in [-0.25, -0.2) is 8.42 Å². The van der Waals surface area contributed by atoms with E-state index in [4.69, 9.17) is 5.26 Å². The second kappa shape index (κ2) is 6.90. The fourth-order valence-electron chi connectivity index (χ4n) is 2.58. The normalized spacial score (nSPS) is 19.8. The third-order valence-electron chi connectivity index (χ3n) is 3.78. The van der Waals surface area contributed by atoms with Crippen molar-refractivity contribution in [3.8, 4) is 6.07 Å². The monoisotopic (exact) mass is 321 g/mol. The zero-order valence-electron chi connectivity index (χ0n) is 12.4. The lowest BCUT2D eigenvalue weighted by Crippen LogP contribution is -2.41. The Balaban J connectivity index is 1.93. The number of benzene rings is 1. The van der Waals surface area contributed by atoms with Crippen LogP contribution in [0.1, 0.15) is 18.9 Å². The molecule has 1 amide bonds. The predicted molar refractivity (Wildman–Crippen MR) is 84.1 cm³/mol. The lowest BCUT2D eigenvalue weighted by atomic mass is 10.2. The largest absolute Gasteiger partial charge is 0.325 e. The van der Waals surface area contributed by atoms with Gasteiger partial charge in [0.25, 0.3) is 0 Å². The zero-order valence-corrected chi connectivity index (χ0v) is 13.3. The molecule has 118 valence electrons. The fourth-order valence-corrected chi connectivity index (χ4v) is 4.34. The van der Waals surface area contributed by atoms with Crippen LogP contribution in [0.2, 0.25) is 0 Å². The molecule has 0 radical (unpaired) electrons. The van der Waals surface area contributed by atoms with Gasteiger partial charge in [0, 0.05) is 11.7 Å². The van der Waals surface area contributed by atoms with Crippen LogP contribution in [0.4, 0.5) is 5.69 Å². The number of sulfone groups is 1. The zero-order chi connectivity index (χ0) is 16.2. The molecule has 0 saturated carbocycles. The molecule has 1 N–H and O–H groups in total. The lowest BCUT2D eigenvalue weighted by molar-refractivity contribution is -0.117. The van der Waals surface area contributed by atoms with Gasteiger partial charge >= 0.3 is 0 Å². The number of hydrogen-bond donors (Lipinski definition) is 1. The molecule has 7 heteroatoms. The van der Waals surface area contributed by atoms with E-state index in [0.717, 1.165) is 0 Å². The molecular formula is C15H19N3O3S. The minimum absolute atomic E-state index is 0.0817. The summed E-state index contributed by atoms with van der Waals surface area (Å²) >= 11 is 0. The van der Waals surface area contributed by atoms with Crippen molar-refractivity contribution in [2.24, 2.45) is 0 Å². The van der Waals surface area contributed by atoms with Crippen LogP contribution in [0.3, 0.4) is 0 Å². The van der Waals surface area contributed by atoms with E-state index in [-0.39, 0.29) is 30.0 Å². The second-order valence-electron chi connectivity index (χ2n) is 5.36. The van der Waals surface area contributed by atoms with Crippen LogP contribution in [-0.4, -0.2) is 49.9 Å². The summed E-state index contributed by atoms with van der Waals surface area (Å²) in [6.07, 6.45) is 0.584. The first kappa shape index (κ1) is 16.5. The Hall–Kier alpha value is -1.91. The quantitative estimate of drug-likeness (QED) is 0.874. The standard InChI is InChI=1S/C15H19N3O3S/c1-2-18(14-7-8-22(20,21)11-14)10-15(19)17-13-5-3-12(9-16)4-6-13/h3-6,14H,2,7-8,10-11H2,1H3,(H,17,19). The maximum atomic E-state index is 12.1. The molecule has 1 aromatic rings. The SMILES string of the molecule is CCN(CC(=O)Nc1ccc(C#N)cc1)C1CCS(=O)(=O)C1. The van der Waals surface area contributed by atoms with Crippen molar-refractivity contribution in [1.82, 2.24) is 4.90 Å². The lowest BCUT2D eigenvalue weighted by Gasteiger charge is -2.25. The third kappa shape index (κ3) is 4.29. The molecule has 0 aromatic heterocycles. The van der Waals surface area contributed by atoms with Gasteiger partial charge in [0.2, 0.25) is 5.91 Å². The minimum Gasteiger partial charge on any atom is -0.325 e. The van der Waals surface area contributed by atoms with Gasteiger partial charge in [-0.1, -0.05) is 6.92 Å². The van der Waals surface area contributed by atoms with Gasteiger partial charge < -0.3 is 5.32 Å². The molecule has 6 nitrogen and oxygen atoms in total. The molecule has 2 rings (SSSR count). The minimum atomic E-state index is -2.96. The molecule has 0 spiro atoms. The Morgan fingerprint density at radius 3 is 2.59 bits per heavy atom. The molecule has 1 aromatic carbocycles. The van der Waals surface area contributed by atoms with Crippen LogP contribution in [0, 0.1) is 11.3 Å². The number of carbonyl (C=O) groups is 1. The molecule has 1 aliphatic rings. The van der Waals surface area contributed by atoms with Crippen LogP contribution in [-0.2, 0) is 14.6 Å². The number of anilines is 1. The van der Waals surface area contributed by atoms with E-state index in [9.17, 15) is 13.2 Å². The van der Waals surface area contributed by atoms with Gasteiger partial charge in [-0.2, -0.15) is 5.26 Å². The van der Waals surface area contributed by atoms with Crippen molar-refractivity contribution < 1.29 is 13.2 Å². The summed E-state index contributed by atoms with van der Waals surface area (Å²) in [5, 5.41) is 11.5. The van der Waals surface area contributed by atoms with Crippen molar-refractivity contribution in [3.05, 3.63) is 29.8 Å². The van der Waals surface area contributed by atoms with Gasteiger partial charge in [0.05, 0.1) is 29.7 Å². The van der Waals surface area contributed by atoms with Crippen LogP contribution in [0.25, 0.3) is 0 Å². The third-order valence-corrected chi connectivity index (χ3v) is 5.53. The van der Waals surface area contributed by atoms with Gasteiger partial charge in [-0.3, -0.25) is 9.69 Å². The van der Waals surface area contributed by atoms with E-state index in [0.29, 0.717) is 24.2 Å². The summed E-state index contributed by atoms with van der Waals surface area (Å²) in [5.41, 5.74) is 1.16. The van der Waals surface area contributed by atoms with Gasteiger partial charge in [0.1, 0.15) is 0 Å². The highest BCUT2D eigenvalue weighted by molar-refractivity contribution is 7.91. The first-order chi connectivity index (χ1) is 10.4. The smallest absolute Gasteiger partial charge is 0.238 e. The Morgan fingerprint density at radius 1 is 1.41 bits per heavy atom. The Morgan fingerprint density at radius 2 is 2.09 bits per heavy atom. The number of hydrogen-bond acceptors (Lipinski definition) is 5. The molecule has 1 aliphatic heterocycles. The maximum absolute atomic E-state index is 12.1. The van der Waals surface area contributed by atoms with E-state index in [1.807, 2.05) is 17.9 Å². The van der Waals surface area contributed by atoms with Crippen LogP contribution < -0.4 is 5.32 Å². The molecule has 22 heavy (non-hydrogen) atoms. The van der Waals surface area contributed by atoms with Crippen molar-refractivity contribution in [2.75, 3.05) is 29.9 Å². The highest BCUT2D eigenvalue weighted by Gasteiger charge is 2.32. The van der Waals surface area contributed by atoms with Gasteiger partial charge in [0.15, 0.2) is 9.84 Å². The van der Waals surface area contributed by atoms with Gasteiger partial charge in [-0.15, -0.1) is 0 Å². The predicted octanol–water partition coefficient (Wildman–Crippen LogP) is 1.01. The van der Waals surface area contributed by atoms with Crippen molar-refractivity contribution in [3.63, 3.8) is 0 Å². The van der Waals surface area contributed by atoms with Crippen LogP contribution >= 0.6 is 0 Å². The molecule has 1 atom stereocenters. The fraction of sp³-hybridized carbons (Fsp3) is 0.467. The first-order valence-corrected chi connectivity index (χ1v) is 9.00. The first-order valence-electron chi connectivity index (χ1n) is 7.18. The van der Waals surface area contributed by atoms with Gasteiger partial charge in [-0.05, 0) is 37.2 Å². The van der Waals surface area contributed by atoms with Crippen LogP contribution in [0.5, 0.6) is 0 Å². The number of likely N-dealkylation sites (N-methyl/N-ethyl adjacent to an activating group) is 1. The van der Waals surface area contributed by atoms with E-state index in [1.165, 1.54) is 0 Å². The average Bonchev–Trinajstić information content (AvgIpc) is 2.85. The van der Waals surface area contributed by atoms with Crippen molar-refractivity contribution in [2.45, 2.75) is 19.4 Å². The second-order valence-corrected chi connectivity index (χ2v) is 7.59. The number of nitriles is 1. The number of nitrogens with one attached hydrogen (secondary N) is 1. The summed E-state index contributed by atoms with van der Waals surface area (Å²) in [6, 6.07) is 8.55. The topological polar surface area (TPSA) is 90.3 Å². The van der Waals surface area contributed by atoms with E-state index in [2.05, 4.69) is 5.32 Å². The highest BCUT2D eigenvalue weighted by atomic mass is 32.2. The summed E-state index contributed by atoms with van der Waals surface area (Å²) in [5.74, 6) is 0.145. The highest BCUT2D eigenvalue weighted by Crippen LogP contribution is 2.17. The Bertz CT molecular complexity index is 677. The Labute approximate surface area is 130 Å². The number of rotatable bonds is 5. The molecule has 1 fully saturated rings. The van der Waals surface area contributed by atoms with Crippen LogP contribution in [0.15, 0.2) is 24.3 Å².